The summed E-state index contributed by atoms with van der Waals surface area (Å²) in [7, 11) is 0. The third-order valence-corrected chi connectivity index (χ3v) is 4.23. The van der Waals surface area contributed by atoms with Crippen molar-refractivity contribution in [2.75, 3.05) is 26.2 Å². The van der Waals surface area contributed by atoms with Gasteiger partial charge in [-0.1, -0.05) is 6.08 Å². The molecule has 3 heterocycles. The lowest BCUT2D eigenvalue weighted by Crippen LogP contribution is -2.53. The van der Waals surface area contributed by atoms with Crippen molar-refractivity contribution in [1.82, 2.24) is 14.8 Å². The Kier molecular flexibility index (Phi) is 3.54. The number of aromatic nitrogens is 1. The molecule has 3 rings (SSSR count). The van der Waals surface area contributed by atoms with E-state index in [2.05, 4.69) is 11.6 Å². The second-order valence-electron chi connectivity index (χ2n) is 4.84. The lowest BCUT2D eigenvalue weighted by atomic mass is 10.1. The van der Waals surface area contributed by atoms with Crippen LogP contribution in [-0.4, -0.2) is 65.0 Å². The van der Waals surface area contributed by atoms with Gasteiger partial charge in [0.15, 0.2) is 0 Å². The van der Waals surface area contributed by atoms with E-state index in [9.17, 15) is 9.59 Å². The van der Waals surface area contributed by atoms with Gasteiger partial charge in [0.2, 0.25) is 5.91 Å². The lowest BCUT2D eigenvalue weighted by molar-refractivity contribution is -0.151. The topological polar surface area (TPSA) is 62.7 Å². The minimum Gasteiger partial charge on any atom is -0.364 e. The third-order valence-electron chi connectivity index (χ3n) is 3.64. The fourth-order valence-electron chi connectivity index (χ4n) is 2.69. The molecule has 0 saturated carbocycles. The quantitative estimate of drug-likeness (QED) is 0.756. The Hall–Kier alpha value is -1.73. The number of amides is 2. The van der Waals surface area contributed by atoms with Crippen molar-refractivity contribution in [2.45, 2.75) is 12.1 Å². The van der Waals surface area contributed by atoms with Crippen molar-refractivity contribution in [3.05, 3.63) is 29.2 Å². The van der Waals surface area contributed by atoms with Gasteiger partial charge in [-0.05, 0) is 0 Å². The molecule has 2 amide bonds. The number of hydrogen-bond acceptors (Lipinski definition) is 5. The number of ether oxygens (including phenoxy) is 1. The van der Waals surface area contributed by atoms with E-state index < -0.39 is 0 Å². The SMILES string of the molecule is C=CCN1C(=O)CO[C@@H]2CN(C(=O)c3cscn3)C[C@H]21. The highest BCUT2D eigenvalue weighted by Gasteiger charge is 2.44. The van der Waals surface area contributed by atoms with E-state index in [-0.39, 0.29) is 30.6 Å². The summed E-state index contributed by atoms with van der Waals surface area (Å²) in [6.45, 7) is 5.23. The molecule has 2 aliphatic rings. The molecule has 2 saturated heterocycles. The third kappa shape index (κ3) is 2.23. The number of morpholine rings is 1. The second-order valence-corrected chi connectivity index (χ2v) is 5.55. The summed E-state index contributed by atoms with van der Waals surface area (Å²) in [5, 5.41) is 1.73. The molecule has 1 aromatic heterocycles. The Morgan fingerprint density at radius 1 is 1.60 bits per heavy atom. The number of carbonyl (C=O) groups excluding carboxylic acids is 2. The van der Waals surface area contributed by atoms with Gasteiger partial charge in [0, 0.05) is 25.0 Å². The molecule has 0 radical (unpaired) electrons. The van der Waals surface area contributed by atoms with Crippen LogP contribution < -0.4 is 0 Å². The molecule has 2 atom stereocenters. The minimum absolute atomic E-state index is 0.0471. The average Bonchev–Trinajstić information content (AvgIpc) is 3.10. The van der Waals surface area contributed by atoms with Crippen LogP contribution in [-0.2, 0) is 9.53 Å². The van der Waals surface area contributed by atoms with Gasteiger partial charge in [0.25, 0.3) is 5.91 Å². The highest BCUT2D eigenvalue weighted by Crippen LogP contribution is 2.24. The summed E-state index contributed by atoms with van der Waals surface area (Å²) >= 11 is 1.39. The standard InChI is InChI=1S/C13H15N3O3S/c1-2-3-16-10-4-15(5-11(10)19-6-12(16)17)13(18)9-7-20-8-14-9/h2,7-8,10-11H,1,3-6H2/t10-,11-/m1/s1. The molecule has 6 nitrogen and oxygen atoms in total. The first kappa shape index (κ1) is 13.3. The highest BCUT2D eigenvalue weighted by atomic mass is 32.1. The van der Waals surface area contributed by atoms with Gasteiger partial charge >= 0.3 is 0 Å². The Balaban J connectivity index is 1.75. The molecule has 0 N–H and O–H groups in total. The van der Waals surface area contributed by atoms with Crippen molar-refractivity contribution in [3.63, 3.8) is 0 Å². The lowest BCUT2D eigenvalue weighted by Gasteiger charge is -2.35. The minimum atomic E-state index is -0.116. The molecule has 0 aliphatic carbocycles. The van der Waals surface area contributed by atoms with E-state index in [0.717, 1.165) is 0 Å². The van der Waals surface area contributed by atoms with E-state index in [4.69, 9.17) is 4.74 Å². The molecule has 0 aromatic carbocycles. The number of hydrogen-bond donors (Lipinski definition) is 0. The molecular weight excluding hydrogens is 278 g/mol. The summed E-state index contributed by atoms with van der Waals surface area (Å²) in [6, 6.07) is -0.0863. The molecular formula is C13H15N3O3S. The summed E-state index contributed by atoms with van der Waals surface area (Å²) in [6.07, 6.45) is 1.58. The fraction of sp³-hybridized carbons (Fsp3) is 0.462. The van der Waals surface area contributed by atoms with Gasteiger partial charge in [0.05, 0.1) is 17.7 Å². The van der Waals surface area contributed by atoms with E-state index >= 15 is 0 Å². The first-order valence-electron chi connectivity index (χ1n) is 6.40. The van der Waals surface area contributed by atoms with E-state index in [1.165, 1.54) is 11.3 Å². The van der Waals surface area contributed by atoms with Crippen LogP contribution in [0.5, 0.6) is 0 Å². The Morgan fingerprint density at radius 2 is 2.45 bits per heavy atom. The molecule has 2 fully saturated rings. The first-order valence-corrected chi connectivity index (χ1v) is 7.34. The number of rotatable bonds is 3. The second kappa shape index (κ2) is 5.34. The van der Waals surface area contributed by atoms with Gasteiger partial charge in [-0.2, -0.15) is 0 Å². The molecule has 1 aromatic rings. The van der Waals surface area contributed by atoms with Gasteiger partial charge in [-0.25, -0.2) is 4.98 Å². The monoisotopic (exact) mass is 293 g/mol. The molecule has 7 heteroatoms. The Bertz CT molecular complexity index is 531. The first-order chi connectivity index (χ1) is 9.70. The molecule has 2 aliphatic heterocycles. The number of carbonyl (C=O) groups is 2. The van der Waals surface area contributed by atoms with Crippen molar-refractivity contribution >= 4 is 23.2 Å². The molecule has 106 valence electrons. The maximum atomic E-state index is 12.3. The average molecular weight is 293 g/mol. The zero-order chi connectivity index (χ0) is 14.1. The van der Waals surface area contributed by atoms with Gasteiger partial charge in [-0.3, -0.25) is 9.59 Å². The largest absolute Gasteiger partial charge is 0.364 e. The maximum Gasteiger partial charge on any atom is 0.273 e. The van der Waals surface area contributed by atoms with Crippen LogP contribution in [0, 0.1) is 0 Å². The molecule has 0 bridgehead atoms. The van der Waals surface area contributed by atoms with Gasteiger partial charge in [0.1, 0.15) is 12.3 Å². The van der Waals surface area contributed by atoms with E-state index in [0.29, 0.717) is 25.3 Å². The van der Waals surface area contributed by atoms with Crippen molar-refractivity contribution < 1.29 is 14.3 Å². The molecule has 0 unspecified atom stereocenters. The maximum absolute atomic E-state index is 12.3. The fourth-order valence-corrected chi connectivity index (χ4v) is 3.21. The van der Waals surface area contributed by atoms with Crippen molar-refractivity contribution in [2.24, 2.45) is 0 Å². The number of fused-ring (bicyclic) bond motifs is 1. The zero-order valence-electron chi connectivity index (χ0n) is 10.9. The van der Waals surface area contributed by atoms with Crippen LogP contribution >= 0.6 is 11.3 Å². The molecule has 20 heavy (non-hydrogen) atoms. The smallest absolute Gasteiger partial charge is 0.273 e. The Labute approximate surface area is 120 Å². The normalized spacial score (nSPS) is 25.7. The predicted octanol–water partition coefficient (Wildman–Crippen LogP) is 0.381. The van der Waals surface area contributed by atoms with E-state index in [1.807, 2.05) is 0 Å². The zero-order valence-corrected chi connectivity index (χ0v) is 11.7. The van der Waals surface area contributed by atoms with Crippen LogP contribution in [0.3, 0.4) is 0 Å². The van der Waals surface area contributed by atoms with Crippen molar-refractivity contribution in [3.8, 4) is 0 Å². The number of likely N-dealkylation sites (tertiary alicyclic amines) is 1. The summed E-state index contributed by atoms with van der Waals surface area (Å²) < 4.78 is 5.55. The number of nitrogens with zero attached hydrogens (tertiary/aromatic N) is 3. The molecule has 0 spiro atoms. The van der Waals surface area contributed by atoms with Crippen LogP contribution in [0.1, 0.15) is 10.5 Å². The van der Waals surface area contributed by atoms with Crippen LogP contribution in [0.15, 0.2) is 23.5 Å². The predicted molar refractivity (Wildman–Crippen MR) is 73.5 cm³/mol. The Morgan fingerprint density at radius 3 is 3.15 bits per heavy atom. The van der Waals surface area contributed by atoms with Crippen LogP contribution in [0.2, 0.25) is 0 Å². The highest BCUT2D eigenvalue weighted by molar-refractivity contribution is 7.07. The van der Waals surface area contributed by atoms with Crippen LogP contribution in [0.25, 0.3) is 0 Å². The van der Waals surface area contributed by atoms with Gasteiger partial charge in [-0.15, -0.1) is 17.9 Å². The summed E-state index contributed by atoms with van der Waals surface area (Å²) in [4.78, 5) is 31.7. The summed E-state index contributed by atoms with van der Waals surface area (Å²) in [5.41, 5.74) is 2.09. The van der Waals surface area contributed by atoms with E-state index in [1.54, 1.807) is 26.8 Å². The van der Waals surface area contributed by atoms with Gasteiger partial charge < -0.3 is 14.5 Å². The number of thiazole rings is 1. The van der Waals surface area contributed by atoms with Crippen molar-refractivity contribution in [1.29, 1.82) is 0 Å². The summed E-state index contributed by atoms with van der Waals surface area (Å²) in [5.74, 6) is -0.149. The van der Waals surface area contributed by atoms with Crippen LogP contribution in [0.4, 0.5) is 0 Å².